The molecule has 0 saturated heterocycles. The van der Waals surface area contributed by atoms with Gasteiger partial charge in [-0.3, -0.25) is 4.31 Å². The average Bonchev–Trinajstić information content (AvgIpc) is 2.54. The lowest BCUT2D eigenvalue weighted by Gasteiger charge is -2.18. The third kappa shape index (κ3) is 2.21. The van der Waals surface area contributed by atoms with Crippen LogP contribution in [0.15, 0.2) is 46.8 Å². The second kappa shape index (κ2) is 4.09. The summed E-state index contributed by atoms with van der Waals surface area (Å²) in [5.74, 6) is 0. The van der Waals surface area contributed by atoms with Crippen LogP contribution in [0.1, 0.15) is 0 Å². The summed E-state index contributed by atoms with van der Waals surface area (Å²) in [5.41, 5.74) is 5.88. The first-order valence-electron chi connectivity index (χ1n) is 3.95. The van der Waals surface area contributed by atoms with Crippen LogP contribution in [-0.2, 0) is 0 Å². The van der Waals surface area contributed by atoms with E-state index in [2.05, 4.69) is 12.1 Å². The van der Waals surface area contributed by atoms with Gasteiger partial charge in [-0.25, -0.2) is 0 Å². The lowest BCUT2D eigenvalue weighted by atomic mass is 10.4. The lowest BCUT2D eigenvalue weighted by Crippen LogP contribution is -2.26. The van der Waals surface area contributed by atoms with Crippen LogP contribution in [0, 0.1) is 0 Å². The van der Waals surface area contributed by atoms with Gasteiger partial charge in [0.25, 0.3) is 0 Å². The van der Waals surface area contributed by atoms with E-state index >= 15 is 0 Å². The molecular weight excluding hydrogens is 200 g/mol. The molecule has 0 spiro atoms. The highest BCUT2D eigenvalue weighted by Crippen LogP contribution is 2.32. The topological polar surface area (TPSA) is 29.3 Å². The van der Waals surface area contributed by atoms with Crippen molar-refractivity contribution in [3.05, 3.63) is 41.9 Å². The molecule has 0 fully saturated rings. The molecule has 0 saturated carbocycles. The highest BCUT2D eigenvalue weighted by molar-refractivity contribution is 8.04. The molecule has 4 heteroatoms. The molecule has 0 aromatic heterocycles. The first kappa shape index (κ1) is 8.99. The molecule has 1 aromatic carbocycles. The molecule has 2 N–H and O–H groups in total. The molecule has 2 nitrogen and oxygen atoms in total. The number of nitrogens with two attached hydrogens (primary N) is 1. The van der Waals surface area contributed by atoms with Gasteiger partial charge in [0.05, 0.1) is 0 Å². The SMILES string of the molecule is NC1SC=CN1Sc1ccccc1. The largest absolute Gasteiger partial charge is 0.302 e. The first-order valence-corrected chi connectivity index (χ1v) is 5.67. The predicted octanol–water partition coefficient (Wildman–Crippen LogP) is 2.46. The molecule has 13 heavy (non-hydrogen) atoms. The van der Waals surface area contributed by atoms with Crippen molar-refractivity contribution in [2.75, 3.05) is 0 Å². The van der Waals surface area contributed by atoms with Crippen LogP contribution < -0.4 is 5.73 Å². The van der Waals surface area contributed by atoms with Crippen molar-refractivity contribution < 1.29 is 0 Å². The minimum atomic E-state index is 0.0465. The maximum atomic E-state index is 5.83. The van der Waals surface area contributed by atoms with E-state index in [1.165, 1.54) is 4.90 Å². The maximum absolute atomic E-state index is 5.83. The highest BCUT2D eigenvalue weighted by Gasteiger charge is 2.15. The lowest BCUT2D eigenvalue weighted by molar-refractivity contribution is 0.606. The molecule has 0 radical (unpaired) electrons. The number of nitrogens with zero attached hydrogens (tertiary/aromatic N) is 1. The fraction of sp³-hybridized carbons (Fsp3) is 0.111. The summed E-state index contributed by atoms with van der Waals surface area (Å²) in [5, 5.41) is 2.01. The van der Waals surface area contributed by atoms with E-state index in [1.807, 2.05) is 34.1 Å². The van der Waals surface area contributed by atoms with E-state index in [9.17, 15) is 0 Å². The van der Waals surface area contributed by atoms with Crippen molar-refractivity contribution in [1.29, 1.82) is 0 Å². The summed E-state index contributed by atoms with van der Waals surface area (Å²) in [6.45, 7) is 0. The molecule has 1 aromatic rings. The van der Waals surface area contributed by atoms with Gasteiger partial charge in [-0.2, -0.15) is 0 Å². The Morgan fingerprint density at radius 2 is 2.08 bits per heavy atom. The molecule has 1 atom stereocenters. The highest BCUT2D eigenvalue weighted by atomic mass is 32.2. The number of hydrogen-bond acceptors (Lipinski definition) is 4. The monoisotopic (exact) mass is 210 g/mol. The summed E-state index contributed by atoms with van der Waals surface area (Å²) in [6, 6.07) is 10.2. The van der Waals surface area contributed by atoms with Crippen molar-refractivity contribution in [3.8, 4) is 0 Å². The van der Waals surface area contributed by atoms with Crippen molar-refractivity contribution in [2.45, 2.75) is 10.4 Å². The van der Waals surface area contributed by atoms with E-state index in [-0.39, 0.29) is 5.50 Å². The summed E-state index contributed by atoms with van der Waals surface area (Å²) < 4.78 is 2.04. The Bertz CT molecular complexity index is 300. The Hall–Kier alpha value is -0.580. The van der Waals surface area contributed by atoms with E-state index in [4.69, 9.17) is 5.73 Å². The van der Waals surface area contributed by atoms with Crippen LogP contribution in [0.3, 0.4) is 0 Å². The van der Waals surface area contributed by atoms with Gasteiger partial charge in [-0.15, -0.1) is 0 Å². The standard InChI is InChI=1S/C9H10N2S2/c10-9-11(6-7-12-9)13-8-4-2-1-3-5-8/h1-7,9H,10H2. The smallest absolute Gasteiger partial charge is 0.139 e. The summed E-state index contributed by atoms with van der Waals surface area (Å²) in [7, 11) is 0. The van der Waals surface area contributed by atoms with E-state index in [0.29, 0.717) is 0 Å². The molecule has 1 heterocycles. The Labute approximate surface area is 86.3 Å². The van der Waals surface area contributed by atoms with Gasteiger partial charge in [0, 0.05) is 11.1 Å². The summed E-state index contributed by atoms with van der Waals surface area (Å²) in [4.78, 5) is 1.21. The Morgan fingerprint density at radius 1 is 1.31 bits per heavy atom. The zero-order valence-electron chi connectivity index (χ0n) is 6.96. The second-order valence-electron chi connectivity index (χ2n) is 2.58. The molecular formula is C9H10N2S2. The predicted molar refractivity (Wildman–Crippen MR) is 58.8 cm³/mol. The van der Waals surface area contributed by atoms with Crippen molar-refractivity contribution in [3.63, 3.8) is 0 Å². The van der Waals surface area contributed by atoms with Crippen LogP contribution in [0.2, 0.25) is 0 Å². The van der Waals surface area contributed by atoms with Gasteiger partial charge >= 0.3 is 0 Å². The van der Waals surface area contributed by atoms with Gasteiger partial charge in [-0.05, 0) is 29.5 Å². The molecule has 0 aliphatic carbocycles. The van der Waals surface area contributed by atoms with Crippen molar-refractivity contribution >= 4 is 23.7 Å². The van der Waals surface area contributed by atoms with Crippen LogP contribution in [0.5, 0.6) is 0 Å². The fourth-order valence-corrected chi connectivity index (χ4v) is 2.66. The third-order valence-corrected chi connectivity index (χ3v) is 3.59. The van der Waals surface area contributed by atoms with Crippen LogP contribution >= 0.6 is 23.7 Å². The van der Waals surface area contributed by atoms with Crippen LogP contribution in [0.4, 0.5) is 0 Å². The number of thioether (sulfide) groups is 1. The van der Waals surface area contributed by atoms with E-state index in [0.717, 1.165) is 0 Å². The van der Waals surface area contributed by atoms with Crippen LogP contribution in [-0.4, -0.2) is 9.80 Å². The molecule has 0 amide bonds. The molecule has 1 unspecified atom stereocenters. The maximum Gasteiger partial charge on any atom is 0.139 e. The summed E-state index contributed by atoms with van der Waals surface area (Å²) >= 11 is 3.29. The molecule has 0 bridgehead atoms. The van der Waals surface area contributed by atoms with Crippen LogP contribution in [0.25, 0.3) is 0 Å². The number of rotatable bonds is 2. The van der Waals surface area contributed by atoms with Gasteiger partial charge in [-0.1, -0.05) is 30.0 Å². The Morgan fingerprint density at radius 3 is 2.69 bits per heavy atom. The second-order valence-corrected chi connectivity index (χ2v) is 4.68. The number of hydrogen-bond donors (Lipinski definition) is 1. The summed E-state index contributed by atoms with van der Waals surface area (Å²) in [6.07, 6.45) is 2.01. The van der Waals surface area contributed by atoms with Gasteiger partial charge in [0.1, 0.15) is 5.50 Å². The van der Waals surface area contributed by atoms with E-state index < -0.39 is 0 Å². The normalized spacial score (nSPS) is 21.0. The molecule has 2 rings (SSSR count). The zero-order valence-corrected chi connectivity index (χ0v) is 8.59. The molecule has 68 valence electrons. The average molecular weight is 210 g/mol. The Balaban J connectivity index is 2.02. The zero-order chi connectivity index (χ0) is 9.10. The molecule has 1 aliphatic heterocycles. The van der Waals surface area contributed by atoms with Gasteiger partial charge in [0.15, 0.2) is 0 Å². The van der Waals surface area contributed by atoms with E-state index in [1.54, 1.807) is 23.7 Å². The molecule has 1 aliphatic rings. The Kier molecular flexibility index (Phi) is 2.83. The minimum Gasteiger partial charge on any atom is -0.302 e. The first-order chi connectivity index (χ1) is 6.36. The number of benzene rings is 1. The minimum absolute atomic E-state index is 0.0465. The quantitative estimate of drug-likeness (QED) is 0.759. The third-order valence-electron chi connectivity index (χ3n) is 1.63. The van der Waals surface area contributed by atoms with Gasteiger partial charge in [0.2, 0.25) is 0 Å². The van der Waals surface area contributed by atoms with Crippen molar-refractivity contribution in [2.24, 2.45) is 5.73 Å². The fourth-order valence-electron chi connectivity index (χ4n) is 1.01. The van der Waals surface area contributed by atoms with Gasteiger partial charge < -0.3 is 5.73 Å². The van der Waals surface area contributed by atoms with Crippen molar-refractivity contribution in [1.82, 2.24) is 4.31 Å².